The van der Waals surface area contributed by atoms with Crippen molar-refractivity contribution in [1.29, 1.82) is 0 Å². The van der Waals surface area contributed by atoms with Crippen molar-refractivity contribution in [3.63, 3.8) is 0 Å². The summed E-state index contributed by atoms with van der Waals surface area (Å²) in [6, 6.07) is 0. The number of carbonyl (C=O) groups excluding carboxylic acids is 1. The molecule has 0 radical (unpaired) electrons. The normalized spacial score (nSPS) is 12.1. The lowest BCUT2D eigenvalue weighted by molar-refractivity contribution is -0.112. The highest BCUT2D eigenvalue weighted by molar-refractivity contribution is 7.79. The standard InChI is InChI=1S/C11H24NO2P/c1-5-6-7-9-12(2)10-8-11(13)15(3,4)14/h5-10H2,1-4H3. The fourth-order valence-electron chi connectivity index (χ4n) is 1.30. The smallest absolute Gasteiger partial charge is 0.192 e. The molecule has 0 atom stereocenters. The molecule has 0 aliphatic carbocycles. The Morgan fingerprint density at radius 2 is 1.80 bits per heavy atom. The highest BCUT2D eigenvalue weighted by atomic mass is 31.2. The van der Waals surface area contributed by atoms with Gasteiger partial charge in [-0.1, -0.05) is 19.8 Å². The highest BCUT2D eigenvalue weighted by Gasteiger charge is 2.18. The molecule has 0 saturated carbocycles. The molecule has 0 aliphatic rings. The predicted octanol–water partition coefficient (Wildman–Crippen LogP) is 2.65. The molecule has 3 nitrogen and oxygen atoms in total. The van der Waals surface area contributed by atoms with Gasteiger partial charge in [0.1, 0.15) is 7.14 Å². The summed E-state index contributed by atoms with van der Waals surface area (Å²) in [4.78, 5) is 13.6. The predicted molar refractivity (Wildman–Crippen MR) is 66.1 cm³/mol. The van der Waals surface area contributed by atoms with Crippen LogP contribution in [0.15, 0.2) is 0 Å². The maximum absolute atomic E-state index is 11.4. The highest BCUT2D eigenvalue weighted by Crippen LogP contribution is 2.38. The lowest BCUT2D eigenvalue weighted by atomic mass is 10.2. The molecule has 0 aliphatic heterocycles. The van der Waals surface area contributed by atoms with Gasteiger partial charge < -0.3 is 9.46 Å². The molecule has 0 aromatic carbocycles. The van der Waals surface area contributed by atoms with Crippen molar-refractivity contribution < 1.29 is 9.36 Å². The Bertz CT molecular complexity index is 235. The Labute approximate surface area is 93.6 Å². The molecular formula is C11H24NO2P. The van der Waals surface area contributed by atoms with Crippen LogP contribution in [-0.4, -0.2) is 43.9 Å². The molecule has 4 heteroatoms. The number of hydrogen-bond acceptors (Lipinski definition) is 3. The molecule has 0 aromatic rings. The summed E-state index contributed by atoms with van der Waals surface area (Å²) in [5.74, 6) is 0. The second kappa shape index (κ2) is 7.19. The third-order valence-electron chi connectivity index (χ3n) is 2.45. The molecule has 0 unspecified atom stereocenters. The number of unbranched alkanes of at least 4 members (excludes halogenated alkanes) is 2. The first-order chi connectivity index (χ1) is 6.88. The minimum atomic E-state index is -2.51. The first-order valence-electron chi connectivity index (χ1n) is 5.65. The average molecular weight is 233 g/mol. The fraction of sp³-hybridized carbons (Fsp3) is 0.909. The summed E-state index contributed by atoms with van der Waals surface area (Å²) in [5.41, 5.74) is -0.0789. The maximum Gasteiger partial charge on any atom is 0.192 e. The number of nitrogens with zero attached hydrogens (tertiary/aromatic N) is 1. The van der Waals surface area contributed by atoms with E-state index in [1.807, 2.05) is 7.05 Å². The second-order valence-corrected chi connectivity index (χ2v) is 7.71. The van der Waals surface area contributed by atoms with Gasteiger partial charge in [0.25, 0.3) is 0 Å². The van der Waals surface area contributed by atoms with Gasteiger partial charge in [0.2, 0.25) is 0 Å². The third-order valence-corrected chi connectivity index (χ3v) is 3.88. The zero-order chi connectivity index (χ0) is 11.9. The van der Waals surface area contributed by atoms with Gasteiger partial charge in [0, 0.05) is 13.0 Å². The Morgan fingerprint density at radius 1 is 1.20 bits per heavy atom. The Hall–Kier alpha value is -0.140. The summed E-state index contributed by atoms with van der Waals surface area (Å²) >= 11 is 0. The van der Waals surface area contributed by atoms with Crippen molar-refractivity contribution in [3.05, 3.63) is 0 Å². The lowest BCUT2D eigenvalue weighted by Gasteiger charge is -2.16. The summed E-state index contributed by atoms with van der Waals surface area (Å²) in [6.07, 6.45) is 4.05. The average Bonchev–Trinajstić information content (AvgIpc) is 2.13. The minimum absolute atomic E-state index is 0.0789. The molecule has 0 fully saturated rings. The van der Waals surface area contributed by atoms with Crippen LogP contribution in [0.2, 0.25) is 0 Å². The third kappa shape index (κ3) is 7.75. The lowest BCUT2D eigenvalue weighted by Crippen LogP contribution is -2.22. The molecule has 0 aromatic heterocycles. The van der Waals surface area contributed by atoms with Crippen LogP contribution >= 0.6 is 7.14 Å². The van der Waals surface area contributed by atoms with Crippen molar-refractivity contribution in [2.45, 2.75) is 32.6 Å². The van der Waals surface area contributed by atoms with E-state index in [1.165, 1.54) is 19.3 Å². The van der Waals surface area contributed by atoms with Crippen LogP contribution in [-0.2, 0) is 9.36 Å². The van der Waals surface area contributed by atoms with E-state index in [0.717, 1.165) is 13.1 Å². The van der Waals surface area contributed by atoms with Gasteiger partial charge in [-0.15, -0.1) is 0 Å². The van der Waals surface area contributed by atoms with Crippen molar-refractivity contribution >= 4 is 12.7 Å². The minimum Gasteiger partial charge on any atom is -0.316 e. The molecule has 15 heavy (non-hydrogen) atoms. The Balaban J connectivity index is 3.67. The monoisotopic (exact) mass is 233 g/mol. The molecule has 0 rings (SSSR count). The Kier molecular flexibility index (Phi) is 7.12. The molecule has 90 valence electrons. The quantitative estimate of drug-likeness (QED) is 0.478. The molecule has 0 saturated heterocycles. The summed E-state index contributed by atoms with van der Waals surface area (Å²) in [6.45, 7) is 7.03. The first kappa shape index (κ1) is 14.9. The van der Waals surface area contributed by atoms with E-state index in [4.69, 9.17) is 0 Å². The van der Waals surface area contributed by atoms with Gasteiger partial charge in [0.15, 0.2) is 5.52 Å². The van der Waals surface area contributed by atoms with Gasteiger partial charge in [-0.3, -0.25) is 4.79 Å². The number of carbonyl (C=O) groups is 1. The van der Waals surface area contributed by atoms with Crippen LogP contribution in [0.3, 0.4) is 0 Å². The first-order valence-corrected chi connectivity index (χ1v) is 8.25. The Morgan fingerprint density at radius 3 is 2.27 bits per heavy atom. The molecule has 0 N–H and O–H groups in total. The van der Waals surface area contributed by atoms with Crippen LogP contribution in [0.25, 0.3) is 0 Å². The maximum atomic E-state index is 11.4. The SMILES string of the molecule is CCCCCN(C)CCC(=O)P(C)(C)=O. The molecule has 0 amide bonds. The second-order valence-electron chi connectivity index (χ2n) is 4.50. The number of hydrogen-bond donors (Lipinski definition) is 0. The van der Waals surface area contributed by atoms with Crippen LogP contribution < -0.4 is 0 Å². The van der Waals surface area contributed by atoms with Crippen molar-refractivity contribution in [1.82, 2.24) is 4.90 Å². The largest absolute Gasteiger partial charge is 0.316 e. The van der Waals surface area contributed by atoms with Crippen LogP contribution in [0.5, 0.6) is 0 Å². The van der Waals surface area contributed by atoms with E-state index in [2.05, 4.69) is 11.8 Å². The van der Waals surface area contributed by atoms with Crippen LogP contribution in [0.4, 0.5) is 0 Å². The van der Waals surface area contributed by atoms with Crippen molar-refractivity contribution in [3.8, 4) is 0 Å². The zero-order valence-corrected chi connectivity index (χ0v) is 11.3. The summed E-state index contributed by atoms with van der Waals surface area (Å²) in [5, 5.41) is 0. The van der Waals surface area contributed by atoms with Gasteiger partial charge in [-0.25, -0.2) is 0 Å². The van der Waals surface area contributed by atoms with E-state index in [-0.39, 0.29) is 5.52 Å². The number of rotatable bonds is 8. The molecule has 0 heterocycles. The van der Waals surface area contributed by atoms with Crippen molar-refractivity contribution in [2.75, 3.05) is 33.5 Å². The topological polar surface area (TPSA) is 37.4 Å². The van der Waals surface area contributed by atoms with E-state index in [0.29, 0.717) is 6.42 Å². The fourth-order valence-corrected chi connectivity index (χ4v) is 1.94. The van der Waals surface area contributed by atoms with Gasteiger partial charge in [-0.2, -0.15) is 0 Å². The molecular weight excluding hydrogens is 209 g/mol. The molecule has 0 spiro atoms. The van der Waals surface area contributed by atoms with E-state index in [9.17, 15) is 9.36 Å². The van der Waals surface area contributed by atoms with Gasteiger partial charge in [-0.05, 0) is 33.3 Å². The van der Waals surface area contributed by atoms with E-state index >= 15 is 0 Å². The summed E-state index contributed by atoms with van der Waals surface area (Å²) < 4.78 is 11.4. The van der Waals surface area contributed by atoms with E-state index in [1.54, 1.807) is 13.3 Å². The van der Waals surface area contributed by atoms with Gasteiger partial charge >= 0.3 is 0 Å². The molecule has 0 bridgehead atoms. The summed E-state index contributed by atoms with van der Waals surface area (Å²) in [7, 11) is -0.497. The van der Waals surface area contributed by atoms with Crippen molar-refractivity contribution in [2.24, 2.45) is 0 Å². The van der Waals surface area contributed by atoms with E-state index < -0.39 is 7.14 Å². The zero-order valence-electron chi connectivity index (χ0n) is 10.5. The van der Waals surface area contributed by atoms with Crippen LogP contribution in [0, 0.1) is 0 Å². The van der Waals surface area contributed by atoms with Crippen LogP contribution in [0.1, 0.15) is 32.6 Å². The van der Waals surface area contributed by atoms with Gasteiger partial charge in [0.05, 0.1) is 0 Å².